The number of rotatable bonds is 5. The van der Waals surface area contributed by atoms with Crippen LogP contribution in [-0.2, 0) is 4.74 Å². The van der Waals surface area contributed by atoms with Crippen LogP contribution >= 0.6 is 11.3 Å². The molecule has 5 heteroatoms. The second kappa shape index (κ2) is 6.61. The molecule has 1 aromatic rings. The number of ether oxygens (including phenoxy) is 1. The van der Waals surface area contributed by atoms with Crippen molar-refractivity contribution in [2.45, 2.75) is 32.9 Å². The first-order valence-corrected chi connectivity index (χ1v) is 7.56. The van der Waals surface area contributed by atoms with E-state index in [4.69, 9.17) is 4.74 Å². The fraction of sp³-hybridized carbons (Fsp3) is 0.769. The topological polar surface area (TPSA) is 37.4 Å². The van der Waals surface area contributed by atoms with Gasteiger partial charge in [0.25, 0.3) is 0 Å². The van der Waals surface area contributed by atoms with Crippen molar-refractivity contribution < 1.29 is 4.74 Å². The Morgan fingerprint density at radius 3 is 3.17 bits per heavy atom. The zero-order valence-corrected chi connectivity index (χ0v) is 12.3. The average Bonchev–Trinajstić information content (AvgIpc) is 2.83. The summed E-state index contributed by atoms with van der Waals surface area (Å²) < 4.78 is 5.78. The van der Waals surface area contributed by atoms with Crippen LogP contribution in [0.25, 0.3) is 0 Å². The van der Waals surface area contributed by atoms with E-state index in [2.05, 4.69) is 34.4 Å². The fourth-order valence-electron chi connectivity index (χ4n) is 2.16. The van der Waals surface area contributed by atoms with Crippen molar-refractivity contribution in [1.29, 1.82) is 0 Å². The number of aryl methyl sites for hydroxylation is 1. The standard InChI is InChI=1S/C13H23N3OS/c1-4-16-5-6-17-12(8-16)7-14-11(3)13-15-10(2)9-18-13/h9,11-12,14H,4-8H2,1-3H3. The minimum Gasteiger partial charge on any atom is -0.374 e. The van der Waals surface area contributed by atoms with Gasteiger partial charge in [-0.15, -0.1) is 11.3 Å². The van der Waals surface area contributed by atoms with E-state index in [1.807, 2.05) is 6.92 Å². The van der Waals surface area contributed by atoms with Crippen molar-refractivity contribution >= 4 is 11.3 Å². The Bertz CT molecular complexity index is 369. The van der Waals surface area contributed by atoms with Gasteiger partial charge in [0.15, 0.2) is 0 Å². The second-order valence-corrected chi connectivity index (χ2v) is 5.73. The van der Waals surface area contributed by atoms with Crippen molar-refractivity contribution in [2.24, 2.45) is 0 Å². The molecule has 0 spiro atoms. The molecule has 0 aliphatic carbocycles. The van der Waals surface area contributed by atoms with E-state index in [1.165, 1.54) is 0 Å². The van der Waals surface area contributed by atoms with Crippen LogP contribution < -0.4 is 5.32 Å². The van der Waals surface area contributed by atoms with E-state index in [-0.39, 0.29) is 0 Å². The fourth-order valence-corrected chi connectivity index (χ4v) is 2.99. The lowest BCUT2D eigenvalue weighted by Crippen LogP contribution is -2.46. The number of hydrogen-bond donors (Lipinski definition) is 1. The third-order valence-corrected chi connectivity index (χ3v) is 4.47. The molecule has 4 nitrogen and oxygen atoms in total. The van der Waals surface area contributed by atoms with Gasteiger partial charge in [-0.3, -0.25) is 4.90 Å². The molecule has 2 heterocycles. The lowest BCUT2D eigenvalue weighted by atomic mass is 10.2. The highest BCUT2D eigenvalue weighted by molar-refractivity contribution is 7.09. The van der Waals surface area contributed by atoms with Gasteiger partial charge in [-0.1, -0.05) is 6.92 Å². The van der Waals surface area contributed by atoms with E-state index < -0.39 is 0 Å². The Morgan fingerprint density at radius 2 is 2.50 bits per heavy atom. The molecule has 0 bridgehead atoms. The maximum Gasteiger partial charge on any atom is 0.110 e. The minimum atomic E-state index is 0.308. The summed E-state index contributed by atoms with van der Waals surface area (Å²) in [5.41, 5.74) is 1.11. The molecule has 2 rings (SSSR count). The lowest BCUT2D eigenvalue weighted by Gasteiger charge is -2.32. The van der Waals surface area contributed by atoms with Crippen molar-refractivity contribution in [1.82, 2.24) is 15.2 Å². The summed E-state index contributed by atoms with van der Waals surface area (Å²) in [5, 5.41) is 6.79. The molecule has 0 aromatic carbocycles. The van der Waals surface area contributed by atoms with Gasteiger partial charge >= 0.3 is 0 Å². The molecule has 1 aliphatic rings. The molecule has 0 radical (unpaired) electrons. The van der Waals surface area contributed by atoms with Crippen LogP contribution in [0.1, 0.15) is 30.6 Å². The van der Waals surface area contributed by atoms with Gasteiger partial charge in [-0.05, 0) is 20.4 Å². The summed E-state index contributed by atoms with van der Waals surface area (Å²) in [6.45, 7) is 11.4. The van der Waals surface area contributed by atoms with Crippen LogP contribution in [0, 0.1) is 6.92 Å². The largest absolute Gasteiger partial charge is 0.374 e. The Hall–Kier alpha value is -0.490. The Balaban J connectivity index is 1.77. The number of likely N-dealkylation sites (N-methyl/N-ethyl adjacent to an activating group) is 1. The zero-order chi connectivity index (χ0) is 13.0. The molecule has 0 amide bonds. The van der Waals surface area contributed by atoms with Crippen LogP contribution in [0.3, 0.4) is 0 Å². The van der Waals surface area contributed by atoms with Gasteiger partial charge in [0.05, 0.1) is 18.8 Å². The first-order valence-electron chi connectivity index (χ1n) is 6.68. The van der Waals surface area contributed by atoms with Gasteiger partial charge in [0.1, 0.15) is 5.01 Å². The number of hydrogen-bond acceptors (Lipinski definition) is 5. The van der Waals surface area contributed by atoms with Gasteiger partial charge in [-0.25, -0.2) is 4.98 Å². The molecule has 2 atom stereocenters. The number of thiazole rings is 1. The molecule has 102 valence electrons. The summed E-state index contributed by atoms with van der Waals surface area (Å²) in [7, 11) is 0. The van der Waals surface area contributed by atoms with Gasteiger partial charge in [-0.2, -0.15) is 0 Å². The third kappa shape index (κ3) is 3.75. The maximum absolute atomic E-state index is 5.78. The summed E-state index contributed by atoms with van der Waals surface area (Å²) in [4.78, 5) is 6.95. The summed E-state index contributed by atoms with van der Waals surface area (Å²) in [5.74, 6) is 0. The molecule has 18 heavy (non-hydrogen) atoms. The average molecular weight is 269 g/mol. The molecule has 2 unspecified atom stereocenters. The maximum atomic E-state index is 5.78. The summed E-state index contributed by atoms with van der Waals surface area (Å²) in [6, 6.07) is 0.310. The van der Waals surface area contributed by atoms with Crippen molar-refractivity contribution in [3.63, 3.8) is 0 Å². The van der Waals surface area contributed by atoms with Crippen molar-refractivity contribution in [3.8, 4) is 0 Å². The van der Waals surface area contributed by atoms with Crippen LogP contribution in [0.4, 0.5) is 0 Å². The zero-order valence-electron chi connectivity index (χ0n) is 11.5. The van der Waals surface area contributed by atoms with Crippen LogP contribution in [-0.4, -0.2) is 48.8 Å². The predicted octanol–water partition coefficient (Wildman–Crippen LogP) is 1.82. The quantitative estimate of drug-likeness (QED) is 0.885. The smallest absolute Gasteiger partial charge is 0.110 e. The SMILES string of the molecule is CCN1CCOC(CNC(C)c2nc(C)cs2)C1. The van der Waals surface area contributed by atoms with Crippen molar-refractivity contribution in [3.05, 3.63) is 16.1 Å². The van der Waals surface area contributed by atoms with Gasteiger partial charge in [0.2, 0.25) is 0 Å². The number of nitrogens with zero attached hydrogens (tertiary/aromatic N) is 2. The highest BCUT2D eigenvalue weighted by atomic mass is 32.1. The highest BCUT2D eigenvalue weighted by Crippen LogP contribution is 2.17. The Labute approximate surface area is 113 Å². The molecule has 1 aromatic heterocycles. The van der Waals surface area contributed by atoms with Gasteiger partial charge < -0.3 is 10.1 Å². The predicted molar refractivity (Wildman–Crippen MR) is 75.1 cm³/mol. The molecule has 1 N–H and O–H groups in total. The molecule has 1 saturated heterocycles. The first kappa shape index (κ1) is 13.9. The van der Waals surface area contributed by atoms with E-state index in [1.54, 1.807) is 11.3 Å². The number of nitrogens with one attached hydrogen (secondary N) is 1. The molecule has 1 fully saturated rings. The minimum absolute atomic E-state index is 0.308. The molecule has 0 saturated carbocycles. The number of morpholine rings is 1. The highest BCUT2D eigenvalue weighted by Gasteiger charge is 2.20. The van der Waals surface area contributed by atoms with E-state index in [0.29, 0.717) is 12.1 Å². The molecular formula is C13H23N3OS. The van der Waals surface area contributed by atoms with Crippen LogP contribution in [0.2, 0.25) is 0 Å². The summed E-state index contributed by atoms with van der Waals surface area (Å²) >= 11 is 1.72. The van der Waals surface area contributed by atoms with E-state index in [0.717, 1.165) is 43.5 Å². The first-order chi connectivity index (χ1) is 8.69. The van der Waals surface area contributed by atoms with Gasteiger partial charge in [0, 0.05) is 30.7 Å². The summed E-state index contributed by atoms with van der Waals surface area (Å²) in [6.07, 6.45) is 0.308. The monoisotopic (exact) mass is 269 g/mol. The Kier molecular flexibility index (Phi) is 5.12. The number of aromatic nitrogens is 1. The molecule has 1 aliphatic heterocycles. The second-order valence-electron chi connectivity index (χ2n) is 4.84. The van der Waals surface area contributed by atoms with Crippen LogP contribution in [0.15, 0.2) is 5.38 Å². The van der Waals surface area contributed by atoms with Crippen molar-refractivity contribution in [2.75, 3.05) is 32.8 Å². The Morgan fingerprint density at radius 1 is 1.67 bits per heavy atom. The van der Waals surface area contributed by atoms with E-state index in [9.17, 15) is 0 Å². The molecular weight excluding hydrogens is 246 g/mol. The van der Waals surface area contributed by atoms with Crippen LogP contribution in [0.5, 0.6) is 0 Å². The lowest BCUT2D eigenvalue weighted by molar-refractivity contribution is -0.0262. The normalized spacial score (nSPS) is 23.2. The van der Waals surface area contributed by atoms with E-state index >= 15 is 0 Å². The third-order valence-electron chi connectivity index (χ3n) is 3.33.